The van der Waals surface area contributed by atoms with Gasteiger partial charge in [0.05, 0.1) is 31.3 Å². The molecule has 0 unspecified atom stereocenters. The summed E-state index contributed by atoms with van der Waals surface area (Å²) in [6.07, 6.45) is 4.01. The first-order chi connectivity index (χ1) is 7.36. The molecule has 84 valence electrons. The molecule has 1 heterocycles. The van der Waals surface area contributed by atoms with Crippen LogP contribution >= 0.6 is 0 Å². The van der Waals surface area contributed by atoms with E-state index >= 15 is 0 Å². The molecule has 0 saturated heterocycles. The predicted octanol–water partition coefficient (Wildman–Crippen LogP) is 0.774. The highest BCUT2D eigenvalue weighted by atomic mass is 16.5. The molecule has 5 nitrogen and oxygen atoms in total. The van der Waals surface area contributed by atoms with Crippen molar-refractivity contribution in [1.29, 1.82) is 0 Å². The Kier molecular flexibility index (Phi) is 5.65. The maximum Gasteiger partial charge on any atom is 0.232 e. The molecule has 0 fully saturated rings. The van der Waals surface area contributed by atoms with Gasteiger partial charge < -0.3 is 14.6 Å². The van der Waals surface area contributed by atoms with Crippen molar-refractivity contribution in [3.63, 3.8) is 0 Å². The Balaban J connectivity index is 2.24. The largest absolute Gasteiger partial charge is 0.474 e. The van der Waals surface area contributed by atoms with Gasteiger partial charge in [0.2, 0.25) is 5.88 Å². The number of nitrogens with zero attached hydrogens (tertiary/aromatic N) is 2. The van der Waals surface area contributed by atoms with Crippen LogP contribution in [0.3, 0.4) is 0 Å². The van der Waals surface area contributed by atoms with E-state index in [4.69, 9.17) is 14.6 Å². The molecule has 0 atom stereocenters. The van der Waals surface area contributed by atoms with E-state index in [1.54, 1.807) is 0 Å². The zero-order valence-electron chi connectivity index (χ0n) is 8.85. The second-order valence-electron chi connectivity index (χ2n) is 2.97. The first-order valence-corrected chi connectivity index (χ1v) is 4.99. The van der Waals surface area contributed by atoms with Crippen molar-refractivity contribution in [2.45, 2.75) is 20.0 Å². The Bertz CT molecular complexity index is 281. The molecule has 0 aliphatic carbocycles. The summed E-state index contributed by atoms with van der Waals surface area (Å²) in [7, 11) is 0. The summed E-state index contributed by atoms with van der Waals surface area (Å²) >= 11 is 0. The molecule has 0 aliphatic heterocycles. The van der Waals surface area contributed by atoms with E-state index in [9.17, 15) is 0 Å². The highest BCUT2D eigenvalue weighted by Gasteiger charge is 1.98. The zero-order chi connectivity index (χ0) is 10.9. The van der Waals surface area contributed by atoms with Gasteiger partial charge in [-0.15, -0.1) is 0 Å². The van der Waals surface area contributed by atoms with E-state index in [-0.39, 0.29) is 6.61 Å². The van der Waals surface area contributed by atoms with Crippen LogP contribution in [0.4, 0.5) is 0 Å². The van der Waals surface area contributed by atoms with Crippen LogP contribution < -0.4 is 4.74 Å². The molecular formula is C10H16N2O3. The second kappa shape index (κ2) is 7.14. The van der Waals surface area contributed by atoms with Gasteiger partial charge in [-0.05, 0) is 6.42 Å². The van der Waals surface area contributed by atoms with Crippen molar-refractivity contribution in [2.24, 2.45) is 0 Å². The maximum atomic E-state index is 8.82. The molecular weight excluding hydrogens is 196 g/mol. The molecule has 0 saturated carbocycles. The lowest BCUT2D eigenvalue weighted by Crippen LogP contribution is -2.08. The smallest absolute Gasteiger partial charge is 0.232 e. The third-order valence-electron chi connectivity index (χ3n) is 1.65. The van der Waals surface area contributed by atoms with Gasteiger partial charge in [0.25, 0.3) is 0 Å². The number of aromatic nitrogens is 2. The number of aliphatic hydroxyl groups is 1. The quantitative estimate of drug-likeness (QED) is 0.676. The minimum atomic E-state index is -0.128. The molecule has 5 heteroatoms. The number of hydrogen-bond donors (Lipinski definition) is 1. The van der Waals surface area contributed by atoms with Crippen LogP contribution in [0.15, 0.2) is 12.4 Å². The fraction of sp³-hybridized carbons (Fsp3) is 0.600. The van der Waals surface area contributed by atoms with Gasteiger partial charge in [0.1, 0.15) is 6.61 Å². The molecule has 15 heavy (non-hydrogen) atoms. The Morgan fingerprint density at radius 3 is 2.87 bits per heavy atom. The Labute approximate surface area is 89.1 Å². The third-order valence-corrected chi connectivity index (χ3v) is 1.65. The summed E-state index contributed by atoms with van der Waals surface area (Å²) < 4.78 is 10.5. The van der Waals surface area contributed by atoms with Gasteiger partial charge in [-0.25, -0.2) is 4.98 Å². The van der Waals surface area contributed by atoms with Crippen LogP contribution in [0.5, 0.6) is 5.88 Å². The molecule has 0 aromatic carbocycles. The van der Waals surface area contributed by atoms with Crippen LogP contribution in [0.1, 0.15) is 19.0 Å². The summed E-state index contributed by atoms with van der Waals surface area (Å²) in [4.78, 5) is 7.90. The number of rotatable bonds is 7. The molecule has 1 aromatic heterocycles. The second-order valence-corrected chi connectivity index (χ2v) is 2.97. The minimum Gasteiger partial charge on any atom is -0.474 e. The van der Waals surface area contributed by atoms with Gasteiger partial charge in [0.15, 0.2) is 0 Å². The van der Waals surface area contributed by atoms with Crippen molar-refractivity contribution in [2.75, 3.05) is 19.8 Å². The molecule has 0 radical (unpaired) electrons. The molecule has 0 bridgehead atoms. The summed E-state index contributed by atoms with van der Waals surface area (Å²) in [6, 6.07) is 0. The molecule has 1 N–H and O–H groups in total. The first-order valence-electron chi connectivity index (χ1n) is 4.99. The normalized spacial score (nSPS) is 10.3. The highest BCUT2D eigenvalue weighted by molar-refractivity contribution is 5.07. The standard InChI is InChI=1S/C10H16N2O3/c1-2-3-14-4-5-15-10-7-11-6-9(8-13)12-10/h6-7,13H,2-5,8H2,1H3. The van der Waals surface area contributed by atoms with E-state index in [2.05, 4.69) is 16.9 Å². The Hall–Kier alpha value is -1.20. The molecule has 1 rings (SSSR count). The highest BCUT2D eigenvalue weighted by Crippen LogP contribution is 2.04. The summed E-state index contributed by atoms with van der Waals surface area (Å²) in [5.74, 6) is 0.418. The summed E-state index contributed by atoms with van der Waals surface area (Å²) in [6.45, 7) is 3.65. The third kappa shape index (κ3) is 4.71. The van der Waals surface area contributed by atoms with Crippen molar-refractivity contribution < 1.29 is 14.6 Å². The van der Waals surface area contributed by atoms with Gasteiger partial charge in [-0.3, -0.25) is 4.98 Å². The fourth-order valence-corrected chi connectivity index (χ4v) is 0.984. The fourth-order valence-electron chi connectivity index (χ4n) is 0.984. The summed E-state index contributed by atoms with van der Waals surface area (Å²) in [5, 5.41) is 8.82. The average molecular weight is 212 g/mol. The van der Waals surface area contributed by atoms with E-state index in [1.807, 2.05) is 0 Å². The zero-order valence-corrected chi connectivity index (χ0v) is 8.85. The van der Waals surface area contributed by atoms with Crippen molar-refractivity contribution in [3.05, 3.63) is 18.1 Å². The average Bonchev–Trinajstić information content (AvgIpc) is 2.29. The van der Waals surface area contributed by atoms with Crippen molar-refractivity contribution in [1.82, 2.24) is 9.97 Å². The Morgan fingerprint density at radius 2 is 2.13 bits per heavy atom. The number of ether oxygens (including phenoxy) is 2. The van der Waals surface area contributed by atoms with Crippen molar-refractivity contribution in [3.8, 4) is 5.88 Å². The van der Waals surface area contributed by atoms with Gasteiger partial charge in [-0.1, -0.05) is 6.92 Å². The lowest BCUT2D eigenvalue weighted by molar-refractivity contribution is 0.0986. The lowest BCUT2D eigenvalue weighted by atomic mass is 10.5. The van der Waals surface area contributed by atoms with E-state index in [0.29, 0.717) is 24.8 Å². The molecule has 1 aromatic rings. The maximum absolute atomic E-state index is 8.82. The summed E-state index contributed by atoms with van der Waals surface area (Å²) in [5.41, 5.74) is 0.502. The van der Waals surface area contributed by atoms with E-state index in [0.717, 1.165) is 13.0 Å². The monoisotopic (exact) mass is 212 g/mol. The van der Waals surface area contributed by atoms with Crippen molar-refractivity contribution >= 4 is 0 Å². The SMILES string of the molecule is CCCOCCOc1cncc(CO)n1. The molecule has 0 aliphatic rings. The van der Waals surface area contributed by atoms with Gasteiger partial charge in [0, 0.05) is 6.61 Å². The van der Waals surface area contributed by atoms with E-state index < -0.39 is 0 Å². The number of hydrogen-bond acceptors (Lipinski definition) is 5. The van der Waals surface area contributed by atoms with Gasteiger partial charge in [-0.2, -0.15) is 0 Å². The van der Waals surface area contributed by atoms with Crippen LogP contribution in [-0.4, -0.2) is 34.9 Å². The van der Waals surface area contributed by atoms with Crippen LogP contribution in [-0.2, 0) is 11.3 Å². The molecule has 0 spiro atoms. The van der Waals surface area contributed by atoms with Gasteiger partial charge >= 0.3 is 0 Å². The van der Waals surface area contributed by atoms with Crippen LogP contribution in [0, 0.1) is 0 Å². The number of aliphatic hydroxyl groups excluding tert-OH is 1. The first kappa shape index (κ1) is 11.9. The van der Waals surface area contributed by atoms with E-state index in [1.165, 1.54) is 12.4 Å². The van der Waals surface area contributed by atoms with Crippen LogP contribution in [0.25, 0.3) is 0 Å². The van der Waals surface area contributed by atoms with Crippen LogP contribution in [0.2, 0.25) is 0 Å². The Morgan fingerprint density at radius 1 is 1.27 bits per heavy atom. The molecule has 0 amide bonds. The lowest BCUT2D eigenvalue weighted by Gasteiger charge is -2.05. The minimum absolute atomic E-state index is 0.128. The topological polar surface area (TPSA) is 64.5 Å². The predicted molar refractivity (Wildman–Crippen MR) is 54.6 cm³/mol.